The molecule has 0 bridgehead atoms. The molecule has 4 aromatic rings. The van der Waals surface area contributed by atoms with Gasteiger partial charge in [0.1, 0.15) is 17.6 Å². The van der Waals surface area contributed by atoms with E-state index in [2.05, 4.69) is 26.6 Å². The van der Waals surface area contributed by atoms with Gasteiger partial charge in [0.2, 0.25) is 5.91 Å². The van der Waals surface area contributed by atoms with E-state index in [1.165, 1.54) is 23.1 Å². The van der Waals surface area contributed by atoms with Crippen molar-refractivity contribution in [3.63, 3.8) is 0 Å². The summed E-state index contributed by atoms with van der Waals surface area (Å²) in [5, 5.41) is 7.56. The largest absolute Gasteiger partial charge is 0.496 e. The molecule has 1 heterocycles. The number of nitrogens with zero attached hydrogens (tertiary/aromatic N) is 2. The Bertz CT molecular complexity index is 1690. The normalized spacial score (nSPS) is 15.3. The van der Waals surface area contributed by atoms with Crippen molar-refractivity contribution < 1.29 is 23.5 Å². The van der Waals surface area contributed by atoms with Crippen molar-refractivity contribution in [2.75, 3.05) is 30.5 Å². The van der Waals surface area contributed by atoms with Crippen LogP contribution in [0.25, 0.3) is 10.8 Å². The van der Waals surface area contributed by atoms with E-state index in [-0.39, 0.29) is 31.1 Å². The molecule has 0 saturated heterocycles. The summed E-state index contributed by atoms with van der Waals surface area (Å²) in [5.74, 6) is -1.25. The predicted molar refractivity (Wildman–Crippen MR) is 172 cm³/mol. The van der Waals surface area contributed by atoms with Gasteiger partial charge in [0.05, 0.1) is 37.6 Å². The topological polar surface area (TPSA) is 91.0 Å². The maximum Gasteiger partial charge on any atom is 0.258 e. The third-order valence-electron chi connectivity index (χ3n) is 7.44. The van der Waals surface area contributed by atoms with Crippen LogP contribution in [0.1, 0.15) is 22.8 Å². The fourth-order valence-corrected chi connectivity index (χ4v) is 5.49. The molecule has 2 N–H and O–H groups in total. The Hall–Kier alpha value is -3.99. The first-order chi connectivity index (χ1) is 20.2. The van der Waals surface area contributed by atoms with Crippen LogP contribution < -0.4 is 25.2 Å². The molecule has 1 aliphatic heterocycles. The molecule has 0 saturated carbocycles. The minimum atomic E-state index is -1.09. The van der Waals surface area contributed by atoms with Crippen LogP contribution in [-0.2, 0) is 16.1 Å². The van der Waals surface area contributed by atoms with Crippen molar-refractivity contribution in [1.82, 2.24) is 10.6 Å². The highest BCUT2D eigenvalue weighted by molar-refractivity contribution is 9.10. The molecule has 11 heteroatoms. The van der Waals surface area contributed by atoms with Gasteiger partial charge in [0.15, 0.2) is 0 Å². The van der Waals surface area contributed by atoms with Crippen LogP contribution in [-0.4, -0.2) is 50.5 Å². The summed E-state index contributed by atoms with van der Waals surface area (Å²) in [4.78, 5) is 44.2. The zero-order valence-corrected chi connectivity index (χ0v) is 26.2. The third-order valence-corrected chi connectivity index (χ3v) is 7.93. The van der Waals surface area contributed by atoms with E-state index in [4.69, 9.17) is 4.74 Å². The molecule has 2 atom stereocenters. The molecule has 8 nitrogen and oxygen atoms in total. The van der Waals surface area contributed by atoms with Crippen LogP contribution in [0.2, 0.25) is 0 Å². The fourth-order valence-electron chi connectivity index (χ4n) is 5.11. The summed E-state index contributed by atoms with van der Waals surface area (Å²) in [5.41, 5.74) is 1.83. The quantitative estimate of drug-likeness (QED) is 0.273. The van der Waals surface area contributed by atoms with E-state index in [1.807, 2.05) is 30.3 Å². The van der Waals surface area contributed by atoms with Gasteiger partial charge in [0, 0.05) is 15.6 Å². The van der Waals surface area contributed by atoms with Crippen molar-refractivity contribution in [3.05, 3.63) is 100 Å². The Balaban J connectivity index is 0.00000423. The molecule has 0 aliphatic carbocycles. The summed E-state index contributed by atoms with van der Waals surface area (Å²) < 4.78 is 20.8. The summed E-state index contributed by atoms with van der Waals surface area (Å²) in [6.07, 6.45) is 0. The molecule has 1 aliphatic rings. The van der Waals surface area contributed by atoms with Gasteiger partial charge in [0.25, 0.3) is 11.8 Å². The van der Waals surface area contributed by atoms with Gasteiger partial charge >= 0.3 is 0 Å². The molecule has 224 valence electrons. The standard InChI is InChI=1S/C32H30BrFN4O4.ClH/c1-19(35-2)30(39)36-26-18-38(31(40)21-7-6-8-23(34)16-21)28-10-5-4-9-27(28)37(32(26)41)17-25-24-13-12-22(33)15-20(24)11-14-29(25)42-3;/h4-16,19,26,35H,17-18H2,1-3H3,(H,36,39);1H. The number of carbonyl (C=O) groups is 3. The average molecular weight is 670 g/mol. The zero-order valence-electron chi connectivity index (χ0n) is 23.8. The Morgan fingerprint density at radius 2 is 1.79 bits per heavy atom. The van der Waals surface area contributed by atoms with Crippen molar-refractivity contribution in [3.8, 4) is 5.75 Å². The highest BCUT2D eigenvalue weighted by Crippen LogP contribution is 2.38. The molecule has 0 spiro atoms. The van der Waals surface area contributed by atoms with Gasteiger partial charge in [-0.2, -0.15) is 0 Å². The Morgan fingerprint density at radius 3 is 2.49 bits per heavy atom. The summed E-state index contributed by atoms with van der Waals surface area (Å²) in [7, 11) is 3.22. The number of likely N-dealkylation sites (N-methyl/N-ethyl adjacent to an activating group) is 1. The lowest BCUT2D eigenvalue weighted by Crippen LogP contribution is -2.55. The molecular formula is C32H31BrClFN4O4. The van der Waals surface area contributed by atoms with E-state index in [1.54, 1.807) is 50.2 Å². The van der Waals surface area contributed by atoms with E-state index in [0.29, 0.717) is 17.1 Å². The number of anilines is 2. The lowest BCUT2D eigenvalue weighted by Gasteiger charge is -2.27. The first-order valence-corrected chi connectivity index (χ1v) is 14.2. The second kappa shape index (κ2) is 13.5. The lowest BCUT2D eigenvalue weighted by molar-refractivity contribution is -0.128. The van der Waals surface area contributed by atoms with E-state index >= 15 is 0 Å². The third kappa shape index (κ3) is 6.51. The zero-order chi connectivity index (χ0) is 30.0. The second-order valence-electron chi connectivity index (χ2n) is 10.0. The smallest absolute Gasteiger partial charge is 0.258 e. The van der Waals surface area contributed by atoms with Crippen LogP contribution in [0.3, 0.4) is 0 Å². The lowest BCUT2D eigenvalue weighted by atomic mass is 10.0. The van der Waals surface area contributed by atoms with Gasteiger partial charge < -0.3 is 25.2 Å². The van der Waals surface area contributed by atoms with Crippen molar-refractivity contribution >= 4 is 68.2 Å². The molecule has 5 rings (SSSR count). The predicted octanol–water partition coefficient (Wildman–Crippen LogP) is 5.46. The van der Waals surface area contributed by atoms with Gasteiger partial charge in [-0.25, -0.2) is 4.39 Å². The van der Waals surface area contributed by atoms with Crippen LogP contribution in [0.15, 0.2) is 83.3 Å². The minimum absolute atomic E-state index is 0. The summed E-state index contributed by atoms with van der Waals surface area (Å²) >= 11 is 3.52. The molecule has 43 heavy (non-hydrogen) atoms. The Labute approximate surface area is 263 Å². The monoisotopic (exact) mass is 668 g/mol. The van der Waals surface area contributed by atoms with Gasteiger partial charge in [-0.1, -0.05) is 46.3 Å². The minimum Gasteiger partial charge on any atom is -0.496 e. The molecule has 2 unspecified atom stereocenters. The highest BCUT2D eigenvalue weighted by atomic mass is 79.9. The first-order valence-electron chi connectivity index (χ1n) is 13.4. The number of methoxy groups -OCH3 is 1. The fraction of sp³-hybridized carbons (Fsp3) is 0.219. The number of halogens is 3. The number of benzene rings is 4. The second-order valence-corrected chi connectivity index (χ2v) is 10.9. The number of ether oxygens (including phenoxy) is 1. The van der Waals surface area contributed by atoms with Gasteiger partial charge in [-0.05, 0) is 73.3 Å². The number of nitrogens with one attached hydrogen (secondary N) is 2. The molecule has 3 amide bonds. The average Bonchev–Trinajstić information content (AvgIpc) is 3.10. The van der Waals surface area contributed by atoms with Crippen molar-refractivity contribution in [2.24, 2.45) is 0 Å². The van der Waals surface area contributed by atoms with E-state index < -0.39 is 35.6 Å². The van der Waals surface area contributed by atoms with Gasteiger partial charge in [-0.15, -0.1) is 12.4 Å². The number of amides is 3. The van der Waals surface area contributed by atoms with Gasteiger partial charge in [-0.3, -0.25) is 14.4 Å². The SMILES string of the molecule is CNC(C)C(=O)NC1CN(C(=O)c2cccc(F)c2)c2ccccc2N(Cc2c(OC)ccc3cc(Br)ccc23)C1=O.Cl. The van der Waals surface area contributed by atoms with Crippen molar-refractivity contribution in [2.45, 2.75) is 25.6 Å². The summed E-state index contributed by atoms with van der Waals surface area (Å²) in [6, 6.07) is 20.4. The maximum absolute atomic E-state index is 14.4. The molecule has 0 fully saturated rings. The Morgan fingerprint density at radius 1 is 1.05 bits per heavy atom. The van der Waals surface area contributed by atoms with E-state index in [0.717, 1.165) is 26.9 Å². The number of carbonyl (C=O) groups excluding carboxylic acids is 3. The number of rotatable bonds is 7. The Kier molecular flexibility index (Phi) is 10.1. The highest BCUT2D eigenvalue weighted by Gasteiger charge is 2.38. The number of para-hydroxylation sites is 2. The molecule has 0 radical (unpaired) electrons. The maximum atomic E-state index is 14.4. The number of fused-ring (bicyclic) bond motifs is 2. The summed E-state index contributed by atoms with van der Waals surface area (Å²) in [6.45, 7) is 1.63. The van der Waals surface area contributed by atoms with E-state index in [9.17, 15) is 18.8 Å². The van der Waals surface area contributed by atoms with Crippen LogP contribution in [0.4, 0.5) is 15.8 Å². The number of hydrogen-bond acceptors (Lipinski definition) is 5. The van der Waals surface area contributed by atoms with Crippen LogP contribution in [0, 0.1) is 5.82 Å². The number of hydrogen-bond donors (Lipinski definition) is 2. The van der Waals surface area contributed by atoms with Crippen LogP contribution in [0.5, 0.6) is 5.75 Å². The van der Waals surface area contributed by atoms with Crippen molar-refractivity contribution in [1.29, 1.82) is 0 Å². The molecular weight excluding hydrogens is 639 g/mol. The molecule has 4 aromatic carbocycles. The first kappa shape index (κ1) is 31.9. The van der Waals surface area contributed by atoms with Crippen LogP contribution >= 0.6 is 28.3 Å². The molecule has 0 aromatic heterocycles.